The molecule has 3 rings (SSSR count). The summed E-state index contributed by atoms with van der Waals surface area (Å²) in [6, 6.07) is 19.0. The van der Waals surface area contributed by atoms with E-state index in [0.717, 1.165) is 63.5 Å². The third-order valence-corrected chi connectivity index (χ3v) is 7.81. The van der Waals surface area contributed by atoms with E-state index in [1.165, 1.54) is 0 Å². The van der Waals surface area contributed by atoms with Crippen LogP contribution in [0.5, 0.6) is 11.5 Å². The zero-order valence-corrected chi connectivity index (χ0v) is 28.6. The van der Waals surface area contributed by atoms with Gasteiger partial charge in [-0.25, -0.2) is 9.59 Å². The van der Waals surface area contributed by atoms with Crippen LogP contribution in [-0.4, -0.2) is 50.1 Å². The summed E-state index contributed by atoms with van der Waals surface area (Å²) >= 11 is 3.48. The first-order valence-electron chi connectivity index (χ1n) is 16.0. The second-order valence-electron chi connectivity index (χ2n) is 10.8. The Labute approximate surface area is 290 Å². The molecule has 10 heteroatoms. The fourth-order valence-corrected chi connectivity index (χ4v) is 4.96. The fraction of sp³-hybridized carbons (Fsp3) is 0.316. The van der Waals surface area contributed by atoms with Crippen LogP contribution in [0.15, 0.2) is 96.5 Å². The normalized spacial score (nSPS) is 10.4. The topological polar surface area (TPSA) is 117 Å². The molecule has 0 radical (unpaired) electrons. The van der Waals surface area contributed by atoms with Gasteiger partial charge in [-0.15, -0.1) is 0 Å². The van der Waals surface area contributed by atoms with Gasteiger partial charge in [0.05, 0.1) is 32.1 Å². The van der Waals surface area contributed by atoms with Crippen molar-refractivity contribution in [1.82, 2.24) is 0 Å². The molecule has 0 atom stereocenters. The fourth-order valence-electron chi connectivity index (χ4n) is 4.48. The zero-order chi connectivity index (χ0) is 34.6. The van der Waals surface area contributed by atoms with Gasteiger partial charge >= 0.3 is 11.9 Å². The highest BCUT2D eigenvalue weighted by atomic mass is 79.9. The molecule has 0 saturated carbocycles. The first kappa shape index (κ1) is 37.8. The molecule has 3 aromatic carbocycles. The molecule has 48 heavy (non-hydrogen) atoms. The minimum Gasteiger partial charge on any atom is -0.494 e. The number of carbonyl (C=O) groups excluding carboxylic acids is 4. The largest absolute Gasteiger partial charge is 0.494 e. The molecule has 0 spiro atoms. The van der Waals surface area contributed by atoms with E-state index in [1.54, 1.807) is 66.7 Å². The van der Waals surface area contributed by atoms with E-state index in [-0.39, 0.29) is 11.7 Å². The molecule has 1 N–H and O–H groups in total. The van der Waals surface area contributed by atoms with Gasteiger partial charge in [0.1, 0.15) is 11.5 Å². The van der Waals surface area contributed by atoms with E-state index >= 15 is 0 Å². The molecule has 0 aliphatic heterocycles. The molecule has 0 bridgehead atoms. The van der Waals surface area contributed by atoms with Crippen LogP contribution in [0.25, 0.3) is 0 Å². The van der Waals surface area contributed by atoms with Gasteiger partial charge in [-0.3, -0.25) is 9.59 Å². The van der Waals surface area contributed by atoms with E-state index in [1.807, 2.05) is 0 Å². The van der Waals surface area contributed by atoms with Gasteiger partial charge in [-0.1, -0.05) is 13.2 Å². The molecule has 3 aromatic rings. The van der Waals surface area contributed by atoms with Crippen LogP contribution < -0.4 is 14.8 Å². The molecule has 0 saturated heterocycles. The predicted molar refractivity (Wildman–Crippen MR) is 189 cm³/mol. The maximum Gasteiger partial charge on any atom is 0.330 e. The quantitative estimate of drug-likeness (QED) is 0.0477. The number of halogens is 1. The molecule has 0 aliphatic rings. The number of nitrogens with one attached hydrogen (secondary N) is 1. The van der Waals surface area contributed by atoms with Crippen molar-refractivity contribution in [3.63, 3.8) is 0 Å². The number of amides is 1. The number of unbranched alkanes of at least 4 members (excludes halogenated alkanes) is 6. The van der Waals surface area contributed by atoms with Crippen LogP contribution in [0.2, 0.25) is 0 Å². The lowest BCUT2D eigenvalue weighted by Gasteiger charge is -2.11. The number of hydrogen-bond acceptors (Lipinski definition) is 8. The number of esters is 2. The van der Waals surface area contributed by atoms with Crippen molar-refractivity contribution in [2.45, 2.75) is 51.4 Å². The van der Waals surface area contributed by atoms with E-state index in [2.05, 4.69) is 34.4 Å². The van der Waals surface area contributed by atoms with Gasteiger partial charge in [0.25, 0.3) is 5.91 Å². The maximum atomic E-state index is 13.1. The third-order valence-electron chi connectivity index (χ3n) is 7.15. The van der Waals surface area contributed by atoms with Gasteiger partial charge in [-0.05, 0) is 134 Å². The summed E-state index contributed by atoms with van der Waals surface area (Å²) in [4.78, 5) is 48.0. The Morgan fingerprint density at radius 1 is 0.583 bits per heavy atom. The van der Waals surface area contributed by atoms with Crippen molar-refractivity contribution in [2.75, 3.05) is 31.7 Å². The highest BCUT2D eigenvalue weighted by Gasteiger charge is 2.14. The Bertz CT molecular complexity index is 1520. The average Bonchev–Trinajstić information content (AvgIpc) is 3.11. The van der Waals surface area contributed by atoms with Crippen molar-refractivity contribution >= 4 is 45.2 Å². The van der Waals surface area contributed by atoms with Gasteiger partial charge in [0, 0.05) is 33.3 Å². The molecular weight excluding hydrogens is 678 g/mol. The van der Waals surface area contributed by atoms with Crippen LogP contribution in [-0.2, 0) is 19.1 Å². The summed E-state index contributed by atoms with van der Waals surface area (Å²) < 4.78 is 22.1. The average molecular weight is 721 g/mol. The molecule has 1 amide bonds. The van der Waals surface area contributed by atoms with Gasteiger partial charge < -0.3 is 24.3 Å². The van der Waals surface area contributed by atoms with Crippen LogP contribution >= 0.6 is 15.9 Å². The Kier molecular flexibility index (Phi) is 16.7. The van der Waals surface area contributed by atoms with Crippen LogP contribution in [0.3, 0.4) is 0 Å². The van der Waals surface area contributed by atoms with Gasteiger partial charge in [-0.2, -0.15) is 0 Å². The lowest BCUT2D eigenvalue weighted by atomic mass is 10.0. The number of ether oxygens (including phenoxy) is 4. The molecule has 0 unspecified atom stereocenters. The summed E-state index contributed by atoms with van der Waals surface area (Å²) in [6.45, 7) is 8.62. The lowest BCUT2D eigenvalue weighted by molar-refractivity contribution is -0.138. The molecule has 254 valence electrons. The van der Waals surface area contributed by atoms with E-state index in [4.69, 9.17) is 18.9 Å². The second kappa shape index (κ2) is 21.2. The van der Waals surface area contributed by atoms with Gasteiger partial charge in [0.15, 0.2) is 5.78 Å². The standard InChI is InChI=1S/C38H42BrNO8/c1-3-35(41)47-25-11-7-5-9-23-45-31-18-13-28(14-19-31)37(43)30-17-22-34(33(39)27-30)40-38(44)29-15-20-32(21-16-29)46-24-10-6-8-12-26-48-36(42)4-2/h3-4,13-22,27H,1-2,5-12,23-26H2,(H,40,44). The second-order valence-corrected chi connectivity index (χ2v) is 11.6. The summed E-state index contributed by atoms with van der Waals surface area (Å²) in [6.07, 6.45) is 9.43. The number of anilines is 1. The SMILES string of the molecule is C=CC(=O)OCCCCCCOc1ccc(C(=O)Nc2ccc(C(=O)c3ccc(OCCCCCCOC(=O)C=C)cc3)cc2Br)cc1. The Morgan fingerprint density at radius 3 is 1.48 bits per heavy atom. The summed E-state index contributed by atoms with van der Waals surface area (Å²) in [5, 5.41) is 2.88. The van der Waals surface area contributed by atoms with E-state index in [0.29, 0.717) is 64.8 Å². The first-order chi connectivity index (χ1) is 23.3. The molecular formula is C38H42BrNO8. The predicted octanol–water partition coefficient (Wildman–Crippen LogP) is 8.27. The monoisotopic (exact) mass is 719 g/mol. The van der Waals surface area contributed by atoms with Crippen LogP contribution in [0.1, 0.15) is 77.6 Å². The summed E-state index contributed by atoms with van der Waals surface area (Å²) in [5.74, 6) is 0.115. The molecule has 0 aliphatic carbocycles. The van der Waals surface area contributed by atoms with Crippen molar-refractivity contribution in [3.8, 4) is 11.5 Å². The Balaban J connectivity index is 1.38. The van der Waals surface area contributed by atoms with Crippen molar-refractivity contribution in [2.24, 2.45) is 0 Å². The lowest BCUT2D eigenvalue weighted by Crippen LogP contribution is -2.12. The summed E-state index contributed by atoms with van der Waals surface area (Å²) in [5.41, 5.74) is 2.01. The van der Waals surface area contributed by atoms with Gasteiger partial charge in [0.2, 0.25) is 0 Å². The number of benzene rings is 3. The highest BCUT2D eigenvalue weighted by Crippen LogP contribution is 2.26. The Morgan fingerprint density at radius 2 is 1.02 bits per heavy atom. The minimum atomic E-state index is -0.401. The number of hydrogen-bond donors (Lipinski definition) is 1. The molecule has 0 heterocycles. The smallest absolute Gasteiger partial charge is 0.330 e. The van der Waals surface area contributed by atoms with Crippen LogP contribution in [0.4, 0.5) is 5.69 Å². The molecule has 0 aromatic heterocycles. The van der Waals surface area contributed by atoms with Crippen molar-refractivity contribution in [1.29, 1.82) is 0 Å². The number of ketones is 1. The highest BCUT2D eigenvalue weighted by molar-refractivity contribution is 9.10. The van der Waals surface area contributed by atoms with Crippen molar-refractivity contribution in [3.05, 3.63) is 113 Å². The summed E-state index contributed by atoms with van der Waals surface area (Å²) in [7, 11) is 0. The minimum absolute atomic E-state index is 0.151. The molecule has 9 nitrogen and oxygen atoms in total. The van der Waals surface area contributed by atoms with Crippen LogP contribution in [0, 0.1) is 0 Å². The first-order valence-corrected chi connectivity index (χ1v) is 16.8. The molecule has 0 fully saturated rings. The van der Waals surface area contributed by atoms with Crippen molar-refractivity contribution < 1.29 is 38.1 Å². The number of rotatable bonds is 22. The van der Waals surface area contributed by atoms with E-state index in [9.17, 15) is 19.2 Å². The van der Waals surface area contributed by atoms with E-state index < -0.39 is 11.9 Å². The zero-order valence-electron chi connectivity index (χ0n) is 27.0. The number of carbonyl (C=O) groups is 4. The Hall–Kier alpha value is -4.70. The third kappa shape index (κ3) is 13.6. The maximum absolute atomic E-state index is 13.1.